The first-order valence-corrected chi connectivity index (χ1v) is 12.1. The lowest BCUT2D eigenvalue weighted by Crippen LogP contribution is -2.35. The number of hydroxylamine groups is 3. The Kier molecular flexibility index (Phi) is 6.60. The summed E-state index contributed by atoms with van der Waals surface area (Å²) in [5, 5.41) is 15.4. The van der Waals surface area contributed by atoms with Crippen LogP contribution in [0.4, 0.5) is 5.82 Å². The molecule has 1 unspecified atom stereocenters. The largest absolute Gasteiger partial charge is 0.457 e. The van der Waals surface area contributed by atoms with Gasteiger partial charge in [-0.2, -0.15) is 9.75 Å². The van der Waals surface area contributed by atoms with Crippen molar-refractivity contribution in [3.8, 4) is 22.8 Å². The number of quaternary nitrogens is 1. The first-order chi connectivity index (χ1) is 17.8. The molecule has 3 N–H and O–H groups in total. The van der Waals surface area contributed by atoms with E-state index in [1.165, 1.54) is 12.4 Å². The topological polar surface area (TPSA) is 119 Å². The van der Waals surface area contributed by atoms with Crippen molar-refractivity contribution in [3.05, 3.63) is 73.1 Å². The molecule has 10 heteroatoms. The highest BCUT2D eigenvalue weighted by Crippen LogP contribution is 2.35. The normalized spacial score (nSPS) is 16.1. The van der Waals surface area contributed by atoms with Crippen molar-refractivity contribution in [1.82, 2.24) is 24.6 Å². The molecule has 10 nitrogen and oxygen atoms in total. The molecule has 37 heavy (non-hydrogen) atoms. The standard InChI is InChI=1S/C27H30N7O3/c1-34(2,36)16-6-9-23(35)32-15-14-20(17-32)33-27-24(26(28)29-18-30-27)25(31-33)19-10-12-22(13-11-19)37-21-7-4-3-5-8-21/h3-13,18,20,36H,14-17H2,1-2H3,(H2,28,29,30)/q+1. The Labute approximate surface area is 214 Å². The van der Waals surface area contributed by atoms with Gasteiger partial charge in [0.2, 0.25) is 5.91 Å². The zero-order chi connectivity index (χ0) is 26.0. The summed E-state index contributed by atoms with van der Waals surface area (Å²) in [5.74, 6) is 1.74. The molecular formula is C27H30N7O3+. The van der Waals surface area contributed by atoms with Crippen LogP contribution in [0.1, 0.15) is 12.5 Å². The van der Waals surface area contributed by atoms with Crippen molar-refractivity contribution < 1.29 is 19.4 Å². The van der Waals surface area contributed by atoms with Gasteiger partial charge in [0.1, 0.15) is 35.9 Å². The van der Waals surface area contributed by atoms with E-state index in [-0.39, 0.29) is 16.6 Å². The van der Waals surface area contributed by atoms with E-state index in [4.69, 9.17) is 15.6 Å². The van der Waals surface area contributed by atoms with Crippen LogP contribution >= 0.6 is 0 Å². The number of benzene rings is 2. The zero-order valence-corrected chi connectivity index (χ0v) is 20.9. The Bertz CT molecular complexity index is 1430. The Hall–Kier alpha value is -4.28. The molecule has 1 saturated heterocycles. The molecule has 2 aromatic heterocycles. The summed E-state index contributed by atoms with van der Waals surface area (Å²) in [4.78, 5) is 23.1. The maximum Gasteiger partial charge on any atom is 0.246 e. The van der Waals surface area contributed by atoms with Gasteiger partial charge in [-0.25, -0.2) is 19.9 Å². The van der Waals surface area contributed by atoms with Gasteiger partial charge in [0.15, 0.2) is 5.65 Å². The number of nitrogens with two attached hydrogens (primary N) is 1. The second kappa shape index (κ2) is 10.00. The van der Waals surface area contributed by atoms with Crippen LogP contribution < -0.4 is 10.5 Å². The monoisotopic (exact) mass is 500 g/mol. The molecule has 0 aliphatic carbocycles. The number of aromatic nitrogens is 4. The highest BCUT2D eigenvalue weighted by Gasteiger charge is 2.30. The van der Waals surface area contributed by atoms with Gasteiger partial charge in [0, 0.05) is 24.7 Å². The van der Waals surface area contributed by atoms with Gasteiger partial charge in [-0.15, -0.1) is 0 Å². The van der Waals surface area contributed by atoms with E-state index in [0.29, 0.717) is 47.9 Å². The molecule has 4 aromatic rings. The molecule has 0 radical (unpaired) electrons. The van der Waals surface area contributed by atoms with E-state index in [2.05, 4.69) is 9.97 Å². The van der Waals surface area contributed by atoms with Crippen molar-refractivity contribution in [1.29, 1.82) is 0 Å². The smallest absolute Gasteiger partial charge is 0.246 e. The van der Waals surface area contributed by atoms with Crippen LogP contribution in [0, 0.1) is 0 Å². The molecule has 0 saturated carbocycles. The summed E-state index contributed by atoms with van der Waals surface area (Å²) in [6, 6.07) is 17.2. The Morgan fingerprint density at radius 2 is 1.86 bits per heavy atom. The average Bonchev–Trinajstić information content (AvgIpc) is 3.50. The highest BCUT2D eigenvalue weighted by atomic mass is 16.5. The van der Waals surface area contributed by atoms with Gasteiger partial charge < -0.3 is 15.4 Å². The van der Waals surface area contributed by atoms with Gasteiger partial charge in [-0.1, -0.05) is 18.2 Å². The number of nitrogens with zero attached hydrogens (tertiary/aromatic N) is 6. The fraction of sp³-hybridized carbons (Fsp3) is 0.259. The molecule has 0 bridgehead atoms. The van der Waals surface area contributed by atoms with Crippen molar-refractivity contribution in [3.63, 3.8) is 0 Å². The van der Waals surface area contributed by atoms with Gasteiger partial charge in [-0.3, -0.25) is 4.79 Å². The lowest BCUT2D eigenvalue weighted by molar-refractivity contribution is -1.07. The minimum atomic E-state index is -0.227. The number of amides is 1. The second-order valence-corrected chi connectivity index (χ2v) is 9.62. The number of anilines is 1. The summed E-state index contributed by atoms with van der Waals surface area (Å²) in [6.45, 7) is 1.46. The number of carbonyl (C=O) groups is 1. The number of nitrogen functional groups attached to an aromatic ring is 1. The zero-order valence-electron chi connectivity index (χ0n) is 20.9. The van der Waals surface area contributed by atoms with E-state index in [1.807, 2.05) is 59.3 Å². The number of hydrogen-bond donors (Lipinski definition) is 2. The van der Waals surface area contributed by atoms with Gasteiger partial charge in [-0.05, 0) is 48.9 Å². The molecule has 5 rings (SSSR count). The summed E-state index contributed by atoms with van der Waals surface area (Å²) >= 11 is 0. The third kappa shape index (κ3) is 5.45. The minimum absolute atomic E-state index is 0.0475. The molecule has 1 aliphatic rings. The van der Waals surface area contributed by atoms with Crippen molar-refractivity contribution >= 4 is 22.8 Å². The highest BCUT2D eigenvalue weighted by molar-refractivity contribution is 5.98. The lowest BCUT2D eigenvalue weighted by atomic mass is 10.1. The third-order valence-corrected chi connectivity index (χ3v) is 6.26. The fourth-order valence-corrected chi connectivity index (χ4v) is 4.42. The number of fused-ring (bicyclic) bond motifs is 1. The van der Waals surface area contributed by atoms with Crippen LogP contribution in [0.2, 0.25) is 0 Å². The first kappa shape index (κ1) is 24.4. The predicted octanol–water partition coefficient (Wildman–Crippen LogP) is 3.66. The quantitative estimate of drug-likeness (QED) is 0.226. The van der Waals surface area contributed by atoms with E-state index in [9.17, 15) is 10.0 Å². The minimum Gasteiger partial charge on any atom is -0.457 e. The molecule has 2 aromatic carbocycles. The number of rotatable bonds is 7. The van der Waals surface area contributed by atoms with Crippen LogP contribution in [0.5, 0.6) is 11.5 Å². The molecule has 190 valence electrons. The number of likely N-dealkylation sites (tertiary alicyclic amines) is 1. The van der Waals surface area contributed by atoms with Crippen molar-refractivity contribution in [2.75, 3.05) is 39.5 Å². The fourth-order valence-electron chi connectivity index (χ4n) is 4.42. The van der Waals surface area contributed by atoms with Crippen molar-refractivity contribution in [2.24, 2.45) is 0 Å². The number of likely N-dealkylation sites (N-methyl/N-ethyl adjacent to an activating group) is 1. The molecule has 0 spiro atoms. The Morgan fingerprint density at radius 1 is 1.14 bits per heavy atom. The first-order valence-electron chi connectivity index (χ1n) is 12.1. The summed E-state index contributed by atoms with van der Waals surface area (Å²) in [5.41, 5.74) is 8.47. The van der Waals surface area contributed by atoms with Gasteiger partial charge in [0.25, 0.3) is 0 Å². The maximum absolute atomic E-state index is 12.7. The average molecular weight is 501 g/mol. The maximum atomic E-state index is 12.7. The second-order valence-electron chi connectivity index (χ2n) is 9.62. The van der Waals surface area contributed by atoms with E-state index in [0.717, 1.165) is 17.7 Å². The number of hydrogen-bond acceptors (Lipinski definition) is 7. The van der Waals surface area contributed by atoms with Crippen LogP contribution in [0.3, 0.4) is 0 Å². The van der Waals surface area contributed by atoms with Crippen LogP contribution in [-0.4, -0.2) is 74.1 Å². The molecule has 1 aliphatic heterocycles. The Morgan fingerprint density at radius 3 is 2.59 bits per heavy atom. The SMILES string of the molecule is C[N+](C)(O)CC=CC(=O)N1CCC(n2nc(-c3ccc(Oc4ccccc4)cc3)c3c(N)ncnc32)C1. The summed E-state index contributed by atoms with van der Waals surface area (Å²) in [7, 11) is 3.30. The van der Waals surface area contributed by atoms with Gasteiger partial charge >= 0.3 is 0 Å². The number of ether oxygens (including phenoxy) is 1. The van der Waals surface area contributed by atoms with E-state index >= 15 is 0 Å². The van der Waals surface area contributed by atoms with Crippen LogP contribution in [-0.2, 0) is 4.79 Å². The lowest BCUT2D eigenvalue weighted by Gasteiger charge is -2.17. The molecule has 1 amide bonds. The molecule has 3 heterocycles. The van der Waals surface area contributed by atoms with Gasteiger partial charge in [0.05, 0.1) is 25.5 Å². The predicted molar refractivity (Wildman–Crippen MR) is 140 cm³/mol. The number of para-hydroxylation sites is 1. The summed E-state index contributed by atoms with van der Waals surface area (Å²) < 4.78 is 7.55. The molecular weight excluding hydrogens is 470 g/mol. The third-order valence-electron chi connectivity index (χ3n) is 6.26. The van der Waals surface area contributed by atoms with E-state index < -0.39 is 0 Å². The molecule has 1 atom stereocenters. The van der Waals surface area contributed by atoms with Crippen LogP contribution in [0.15, 0.2) is 73.1 Å². The van der Waals surface area contributed by atoms with E-state index in [1.54, 1.807) is 25.1 Å². The van der Waals surface area contributed by atoms with Crippen molar-refractivity contribution in [2.45, 2.75) is 12.5 Å². The van der Waals surface area contributed by atoms with Crippen LogP contribution in [0.25, 0.3) is 22.3 Å². The number of carbonyl (C=O) groups excluding carboxylic acids is 1. The summed E-state index contributed by atoms with van der Waals surface area (Å²) in [6.07, 6.45) is 5.39. The Balaban J connectivity index is 1.39. The molecule has 1 fully saturated rings.